The molecule has 0 aromatic heterocycles. The standard InChI is InChI=1S/C23H23ClN2O5S/c1-15-9-11-21(30-3)22(13-15)32(28,29)26-16(2)23(27)25-19-14-17(24)10-12-20(19)31-18-7-5-4-6-8-18/h4-14,16,26H,1-3H3,(H,25,27)/t16-/m0/s1. The van der Waals surface area contributed by atoms with Gasteiger partial charge in [-0.1, -0.05) is 35.9 Å². The van der Waals surface area contributed by atoms with Gasteiger partial charge in [-0.2, -0.15) is 4.72 Å². The molecular formula is C23H23ClN2O5S. The Morgan fingerprint density at radius 1 is 1.00 bits per heavy atom. The summed E-state index contributed by atoms with van der Waals surface area (Å²) in [6.07, 6.45) is 0. The van der Waals surface area contributed by atoms with Gasteiger partial charge in [-0.05, 0) is 61.9 Å². The fourth-order valence-electron chi connectivity index (χ4n) is 2.89. The van der Waals surface area contributed by atoms with Gasteiger partial charge in [0.1, 0.15) is 16.4 Å². The van der Waals surface area contributed by atoms with Crippen molar-refractivity contribution in [3.05, 3.63) is 77.3 Å². The predicted molar refractivity (Wildman–Crippen MR) is 124 cm³/mol. The third-order valence-corrected chi connectivity index (χ3v) is 6.30. The van der Waals surface area contributed by atoms with E-state index in [0.717, 1.165) is 5.56 Å². The Morgan fingerprint density at radius 2 is 1.69 bits per heavy atom. The molecule has 0 saturated carbocycles. The van der Waals surface area contributed by atoms with Gasteiger partial charge in [-0.15, -0.1) is 0 Å². The Bertz CT molecular complexity index is 1220. The van der Waals surface area contributed by atoms with E-state index in [1.54, 1.807) is 43.3 Å². The molecule has 0 spiro atoms. The normalized spacial score (nSPS) is 12.1. The number of hydrogen-bond donors (Lipinski definition) is 2. The summed E-state index contributed by atoms with van der Waals surface area (Å²) in [6, 6.07) is 17.5. The van der Waals surface area contributed by atoms with Gasteiger partial charge in [-0.3, -0.25) is 4.79 Å². The zero-order valence-corrected chi connectivity index (χ0v) is 19.3. The van der Waals surface area contributed by atoms with Crippen molar-refractivity contribution >= 4 is 33.2 Å². The highest BCUT2D eigenvalue weighted by Crippen LogP contribution is 2.32. The van der Waals surface area contributed by atoms with Crippen LogP contribution in [0.4, 0.5) is 5.69 Å². The molecule has 0 saturated heterocycles. The zero-order chi connectivity index (χ0) is 23.3. The SMILES string of the molecule is COc1ccc(C)cc1S(=O)(=O)N[C@@H](C)C(=O)Nc1cc(Cl)ccc1Oc1ccccc1. The molecule has 2 N–H and O–H groups in total. The van der Waals surface area contributed by atoms with E-state index in [2.05, 4.69) is 10.0 Å². The molecule has 0 fully saturated rings. The zero-order valence-electron chi connectivity index (χ0n) is 17.8. The van der Waals surface area contributed by atoms with Crippen LogP contribution in [0.3, 0.4) is 0 Å². The van der Waals surface area contributed by atoms with Gasteiger partial charge in [0.05, 0.1) is 18.8 Å². The van der Waals surface area contributed by atoms with Gasteiger partial charge in [0.15, 0.2) is 5.75 Å². The summed E-state index contributed by atoms with van der Waals surface area (Å²) in [6.45, 7) is 3.21. The van der Waals surface area contributed by atoms with Crippen LogP contribution in [0.1, 0.15) is 12.5 Å². The number of carbonyl (C=O) groups is 1. The van der Waals surface area contributed by atoms with E-state index in [9.17, 15) is 13.2 Å². The second-order valence-corrected chi connectivity index (χ2v) is 9.16. The number of benzene rings is 3. The first-order valence-corrected chi connectivity index (χ1v) is 11.6. The molecular weight excluding hydrogens is 452 g/mol. The molecule has 0 aliphatic heterocycles. The second-order valence-electron chi connectivity index (χ2n) is 7.04. The van der Waals surface area contributed by atoms with Gasteiger partial charge in [-0.25, -0.2) is 8.42 Å². The summed E-state index contributed by atoms with van der Waals surface area (Å²) in [5, 5.41) is 3.07. The molecule has 168 valence electrons. The molecule has 3 aromatic carbocycles. The molecule has 0 heterocycles. The number of aryl methyl sites for hydroxylation is 1. The molecule has 0 aliphatic carbocycles. The number of methoxy groups -OCH3 is 1. The van der Waals surface area contributed by atoms with Crippen LogP contribution in [0.25, 0.3) is 0 Å². The monoisotopic (exact) mass is 474 g/mol. The van der Waals surface area contributed by atoms with Crippen LogP contribution in [0.5, 0.6) is 17.2 Å². The van der Waals surface area contributed by atoms with E-state index >= 15 is 0 Å². The van der Waals surface area contributed by atoms with E-state index in [1.165, 1.54) is 26.2 Å². The Labute approximate surface area is 192 Å². The van der Waals surface area contributed by atoms with Crippen LogP contribution < -0.4 is 19.5 Å². The first-order valence-electron chi connectivity index (χ1n) is 9.70. The Kier molecular flexibility index (Phi) is 7.40. The molecule has 3 aromatic rings. The van der Waals surface area contributed by atoms with Gasteiger partial charge in [0, 0.05) is 5.02 Å². The molecule has 9 heteroatoms. The molecule has 0 bridgehead atoms. The van der Waals surface area contributed by atoms with Crippen molar-refractivity contribution in [2.24, 2.45) is 0 Å². The minimum absolute atomic E-state index is 0.0458. The molecule has 0 unspecified atom stereocenters. The molecule has 7 nitrogen and oxygen atoms in total. The summed E-state index contributed by atoms with van der Waals surface area (Å²) in [7, 11) is -2.64. The highest BCUT2D eigenvalue weighted by Gasteiger charge is 2.26. The number of para-hydroxylation sites is 1. The number of amides is 1. The Balaban J connectivity index is 1.79. The quantitative estimate of drug-likeness (QED) is 0.491. The first kappa shape index (κ1) is 23.6. The number of nitrogens with one attached hydrogen (secondary N) is 2. The lowest BCUT2D eigenvalue weighted by Gasteiger charge is -2.18. The van der Waals surface area contributed by atoms with Gasteiger partial charge in [0.2, 0.25) is 15.9 Å². The summed E-state index contributed by atoms with van der Waals surface area (Å²) < 4.78 is 39.1. The second kappa shape index (κ2) is 10.0. The van der Waals surface area contributed by atoms with Crippen molar-refractivity contribution < 1.29 is 22.7 Å². The van der Waals surface area contributed by atoms with Crippen molar-refractivity contribution in [2.45, 2.75) is 24.8 Å². The lowest BCUT2D eigenvalue weighted by atomic mass is 10.2. The predicted octanol–water partition coefficient (Wildman–Crippen LogP) is 4.75. The van der Waals surface area contributed by atoms with Crippen molar-refractivity contribution in [1.29, 1.82) is 0 Å². The van der Waals surface area contributed by atoms with E-state index in [4.69, 9.17) is 21.1 Å². The average Bonchev–Trinajstić information content (AvgIpc) is 2.76. The average molecular weight is 475 g/mol. The molecule has 1 amide bonds. The smallest absolute Gasteiger partial charge is 0.244 e. The number of rotatable bonds is 8. The lowest BCUT2D eigenvalue weighted by molar-refractivity contribution is -0.117. The van der Waals surface area contributed by atoms with Crippen molar-refractivity contribution in [3.8, 4) is 17.2 Å². The highest BCUT2D eigenvalue weighted by atomic mass is 35.5. The maximum absolute atomic E-state index is 12.9. The lowest BCUT2D eigenvalue weighted by Crippen LogP contribution is -2.41. The summed E-state index contributed by atoms with van der Waals surface area (Å²) in [5.74, 6) is 0.541. The number of carbonyl (C=O) groups excluding carboxylic acids is 1. The van der Waals surface area contributed by atoms with Crippen LogP contribution in [-0.4, -0.2) is 27.5 Å². The fourth-order valence-corrected chi connectivity index (χ4v) is 4.52. The fraction of sp³-hybridized carbons (Fsp3) is 0.174. The number of ether oxygens (including phenoxy) is 2. The summed E-state index contributed by atoms with van der Waals surface area (Å²) in [4.78, 5) is 12.7. The Hall–Kier alpha value is -3.07. The van der Waals surface area contributed by atoms with E-state index in [0.29, 0.717) is 22.2 Å². The van der Waals surface area contributed by atoms with Crippen molar-refractivity contribution in [2.75, 3.05) is 12.4 Å². The van der Waals surface area contributed by atoms with Gasteiger partial charge < -0.3 is 14.8 Å². The van der Waals surface area contributed by atoms with Crippen molar-refractivity contribution in [3.63, 3.8) is 0 Å². The summed E-state index contributed by atoms with van der Waals surface area (Å²) in [5.41, 5.74) is 1.05. The van der Waals surface area contributed by atoms with Crippen LogP contribution in [0.15, 0.2) is 71.6 Å². The van der Waals surface area contributed by atoms with E-state index < -0.39 is 22.0 Å². The number of anilines is 1. The Morgan fingerprint density at radius 3 is 2.38 bits per heavy atom. The highest BCUT2D eigenvalue weighted by molar-refractivity contribution is 7.89. The van der Waals surface area contributed by atoms with Crippen LogP contribution in [0, 0.1) is 6.92 Å². The number of hydrogen-bond acceptors (Lipinski definition) is 5. The molecule has 32 heavy (non-hydrogen) atoms. The molecule has 0 radical (unpaired) electrons. The number of sulfonamides is 1. The van der Waals surface area contributed by atoms with Gasteiger partial charge in [0.25, 0.3) is 0 Å². The molecule has 0 aliphatic rings. The van der Waals surface area contributed by atoms with E-state index in [1.807, 2.05) is 18.2 Å². The van der Waals surface area contributed by atoms with Crippen molar-refractivity contribution in [1.82, 2.24) is 4.72 Å². The first-order chi connectivity index (χ1) is 15.2. The maximum Gasteiger partial charge on any atom is 0.244 e. The van der Waals surface area contributed by atoms with Crippen LogP contribution >= 0.6 is 11.6 Å². The molecule has 1 atom stereocenters. The minimum Gasteiger partial charge on any atom is -0.495 e. The van der Waals surface area contributed by atoms with E-state index in [-0.39, 0.29) is 10.6 Å². The third-order valence-electron chi connectivity index (χ3n) is 4.50. The van der Waals surface area contributed by atoms with Crippen LogP contribution in [-0.2, 0) is 14.8 Å². The molecule has 3 rings (SSSR count). The largest absolute Gasteiger partial charge is 0.495 e. The van der Waals surface area contributed by atoms with Crippen LogP contribution in [0.2, 0.25) is 5.02 Å². The number of halogens is 1. The summed E-state index contributed by atoms with van der Waals surface area (Å²) >= 11 is 6.09. The minimum atomic E-state index is -4.02. The maximum atomic E-state index is 12.9. The third kappa shape index (κ3) is 5.79. The topological polar surface area (TPSA) is 93.7 Å². The van der Waals surface area contributed by atoms with Gasteiger partial charge >= 0.3 is 0 Å².